The van der Waals surface area contributed by atoms with Crippen LogP contribution in [0.3, 0.4) is 0 Å². The van der Waals surface area contributed by atoms with Gasteiger partial charge in [-0.1, -0.05) is 0 Å². The van der Waals surface area contributed by atoms with E-state index in [1.165, 1.54) is 0 Å². The third kappa shape index (κ3) is 7.48. The second-order valence-electron chi connectivity index (χ2n) is 3.81. The number of methoxy groups -OCH3 is 1. The van der Waals surface area contributed by atoms with E-state index in [9.17, 15) is 0 Å². The van der Waals surface area contributed by atoms with Gasteiger partial charge in [0.05, 0.1) is 26.1 Å². The van der Waals surface area contributed by atoms with Crippen LogP contribution in [0.4, 0.5) is 0 Å². The van der Waals surface area contributed by atoms with Crippen LogP contribution in [-0.2, 0) is 16.0 Å². The number of rotatable bonds is 9. The zero-order chi connectivity index (χ0) is 13.8. The fourth-order valence-corrected chi connectivity index (χ4v) is 1.39. The molecule has 1 aromatic rings. The van der Waals surface area contributed by atoms with E-state index in [0.717, 1.165) is 18.3 Å². The number of hydrogen-bond donors (Lipinski definition) is 2. The van der Waals surface area contributed by atoms with Gasteiger partial charge in [-0.3, -0.25) is 0 Å². The van der Waals surface area contributed by atoms with E-state index in [4.69, 9.17) is 13.9 Å². The molecule has 0 fully saturated rings. The zero-order valence-corrected chi connectivity index (χ0v) is 11.6. The molecule has 2 N–H and O–H groups in total. The summed E-state index contributed by atoms with van der Waals surface area (Å²) in [5, 5.41) is 6.36. The number of hydrogen-bond acceptors (Lipinski definition) is 4. The number of ether oxygens (including phenoxy) is 2. The Morgan fingerprint density at radius 1 is 1.32 bits per heavy atom. The molecule has 0 aliphatic rings. The molecule has 0 saturated heterocycles. The van der Waals surface area contributed by atoms with Gasteiger partial charge in [-0.25, -0.2) is 4.99 Å². The molecule has 0 atom stereocenters. The van der Waals surface area contributed by atoms with E-state index < -0.39 is 0 Å². The number of furan rings is 1. The molecule has 1 rings (SSSR count). The molecule has 0 spiro atoms. The summed E-state index contributed by atoms with van der Waals surface area (Å²) in [6.45, 7) is 5.91. The fraction of sp³-hybridized carbons (Fsp3) is 0.615. The minimum absolute atomic E-state index is 0.521. The van der Waals surface area contributed by atoms with Crippen molar-refractivity contribution in [1.82, 2.24) is 10.6 Å². The maximum atomic E-state index is 5.36. The maximum Gasteiger partial charge on any atom is 0.191 e. The first-order chi connectivity index (χ1) is 9.36. The number of aliphatic imine (C=N–C) groups is 1. The van der Waals surface area contributed by atoms with Crippen molar-refractivity contribution in [1.29, 1.82) is 0 Å². The Hall–Kier alpha value is -1.53. The standard InChI is InChI=1S/C13H23N3O3/c1-3-14-13(15-6-8-18-10-9-17-2)16-11-12-5-4-7-19-12/h4-5,7H,3,6,8-11H2,1-2H3,(H2,14,15,16). The van der Waals surface area contributed by atoms with E-state index in [1.807, 2.05) is 19.1 Å². The van der Waals surface area contributed by atoms with Gasteiger partial charge in [0.2, 0.25) is 0 Å². The lowest BCUT2D eigenvalue weighted by molar-refractivity contribution is 0.0733. The van der Waals surface area contributed by atoms with Crippen molar-refractivity contribution in [3.05, 3.63) is 24.2 Å². The normalized spacial score (nSPS) is 11.6. The van der Waals surface area contributed by atoms with Crippen LogP contribution < -0.4 is 10.6 Å². The Bertz CT molecular complexity index is 339. The third-order valence-electron chi connectivity index (χ3n) is 2.29. The third-order valence-corrected chi connectivity index (χ3v) is 2.29. The largest absolute Gasteiger partial charge is 0.467 e. The molecular formula is C13H23N3O3. The van der Waals surface area contributed by atoms with Gasteiger partial charge in [0.25, 0.3) is 0 Å². The van der Waals surface area contributed by atoms with Crippen LogP contribution in [0, 0.1) is 0 Å². The van der Waals surface area contributed by atoms with Crippen molar-refractivity contribution in [2.24, 2.45) is 4.99 Å². The summed E-state index contributed by atoms with van der Waals surface area (Å²) >= 11 is 0. The molecule has 1 aromatic heterocycles. The molecule has 6 nitrogen and oxygen atoms in total. The predicted octanol–water partition coefficient (Wildman–Crippen LogP) is 0.998. The summed E-state index contributed by atoms with van der Waals surface area (Å²) in [4.78, 5) is 4.41. The number of guanidine groups is 1. The Balaban J connectivity index is 2.21. The smallest absolute Gasteiger partial charge is 0.191 e. The lowest BCUT2D eigenvalue weighted by Crippen LogP contribution is -2.39. The highest BCUT2D eigenvalue weighted by Crippen LogP contribution is 2.00. The summed E-state index contributed by atoms with van der Waals surface area (Å²) in [7, 11) is 1.66. The lowest BCUT2D eigenvalue weighted by atomic mass is 10.4. The van der Waals surface area contributed by atoms with Gasteiger partial charge in [0.15, 0.2) is 5.96 Å². The molecule has 0 aliphatic heterocycles. The summed E-state index contributed by atoms with van der Waals surface area (Å²) < 4.78 is 15.5. The van der Waals surface area contributed by atoms with Crippen LogP contribution in [0.25, 0.3) is 0 Å². The zero-order valence-electron chi connectivity index (χ0n) is 11.6. The minimum atomic E-state index is 0.521. The van der Waals surface area contributed by atoms with Crippen LogP contribution >= 0.6 is 0 Å². The Morgan fingerprint density at radius 2 is 2.21 bits per heavy atom. The van der Waals surface area contributed by atoms with Gasteiger partial charge in [-0.15, -0.1) is 0 Å². The van der Waals surface area contributed by atoms with Gasteiger partial charge in [0, 0.05) is 20.2 Å². The van der Waals surface area contributed by atoms with Crippen molar-refractivity contribution in [3.63, 3.8) is 0 Å². The molecule has 6 heteroatoms. The van der Waals surface area contributed by atoms with Gasteiger partial charge in [-0.05, 0) is 19.1 Å². The molecule has 0 aliphatic carbocycles. The van der Waals surface area contributed by atoms with Crippen LogP contribution in [0.15, 0.2) is 27.8 Å². The van der Waals surface area contributed by atoms with Crippen molar-refractivity contribution in [2.45, 2.75) is 13.5 Å². The molecule has 0 unspecified atom stereocenters. The summed E-state index contributed by atoms with van der Waals surface area (Å²) in [5.74, 6) is 1.60. The van der Waals surface area contributed by atoms with Crippen LogP contribution in [-0.4, -0.2) is 46.0 Å². The molecule has 1 heterocycles. The van der Waals surface area contributed by atoms with Crippen molar-refractivity contribution < 1.29 is 13.9 Å². The van der Waals surface area contributed by atoms with Crippen LogP contribution in [0.1, 0.15) is 12.7 Å². The average molecular weight is 269 g/mol. The molecule has 0 saturated carbocycles. The summed E-state index contributed by atoms with van der Waals surface area (Å²) in [5.41, 5.74) is 0. The molecule has 0 radical (unpaired) electrons. The first-order valence-corrected chi connectivity index (χ1v) is 6.48. The predicted molar refractivity (Wildman–Crippen MR) is 74.2 cm³/mol. The SMILES string of the molecule is CCNC(=NCc1ccco1)NCCOCCOC. The van der Waals surface area contributed by atoms with E-state index in [0.29, 0.717) is 32.9 Å². The first kappa shape index (κ1) is 15.5. The van der Waals surface area contributed by atoms with E-state index in [-0.39, 0.29) is 0 Å². The number of nitrogens with one attached hydrogen (secondary N) is 2. The highest BCUT2D eigenvalue weighted by molar-refractivity contribution is 5.79. The van der Waals surface area contributed by atoms with Crippen molar-refractivity contribution >= 4 is 5.96 Å². The highest BCUT2D eigenvalue weighted by atomic mass is 16.5. The summed E-state index contributed by atoms with van der Waals surface area (Å²) in [6.07, 6.45) is 1.65. The molecule has 0 amide bonds. The molecule has 108 valence electrons. The van der Waals surface area contributed by atoms with Gasteiger partial charge >= 0.3 is 0 Å². The van der Waals surface area contributed by atoms with E-state index in [1.54, 1.807) is 13.4 Å². The van der Waals surface area contributed by atoms with Gasteiger partial charge in [0.1, 0.15) is 12.3 Å². The molecule has 19 heavy (non-hydrogen) atoms. The quantitative estimate of drug-likeness (QED) is 0.398. The monoisotopic (exact) mass is 269 g/mol. The molecule has 0 aromatic carbocycles. The van der Waals surface area contributed by atoms with Crippen molar-refractivity contribution in [2.75, 3.05) is 40.0 Å². The summed E-state index contributed by atoms with van der Waals surface area (Å²) in [6, 6.07) is 3.76. The first-order valence-electron chi connectivity index (χ1n) is 6.48. The number of nitrogens with zero attached hydrogens (tertiary/aromatic N) is 1. The minimum Gasteiger partial charge on any atom is -0.467 e. The highest BCUT2D eigenvalue weighted by Gasteiger charge is 1.98. The fourth-order valence-electron chi connectivity index (χ4n) is 1.39. The second kappa shape index (κ2) is 10.4. The van der Waals surface area contributed by atoms with Crippen LogP contribution in [0.5, 0.6) is 0 Å². The molecular weight excluding hydrogens is 246 g/mol. The lowest BCUT2D eigenvalue weighted by Gasteiger charge is -2.11. The molecule has 0 bridgehead atoms. The van der Waals surface area contributed by atoms with Crippen LogP contribution in [0.2, 0.25) is 0 Å². The van der Waals surface area contributed by atoms with E-state index in [2.05, 4.69) is 15.6 Å². The Morgan fingerprint density at radius 3 is 2.89 bits per heavy atom. The van der Waals surface area contributed by atoms with E-state index >= 15 is 0 Å². The van der Waals surface area contributed by atoms with Gasteiger partial charge in [-0.2, -0.15) is 0 Å². The second-order valence-corrected chi connectivity index (χ2v) is 3.81. The average Bonchev–Trinajstić information content (AvgIpc) is 2.93. The maximum absolute atomic E-state index is 5.36. The Labute approximate surface area is 114 Å². The topological polar surface area (TPSA) is 68.0 Å². The van der Waals surface area contributed by atoms with Gasteiger partial charge < -0.3 is 24.5 Å². The van der Waals surface area contributed by atoms with Crippen molar-refractivity contribution in [3.8, 4) is 0 Å². The Kier molecular flexibility index (Phi) is 8.50.